The summed E-state index contributed by atoms with van der Waals surface area (Å²) in [5.41, 5.74) is 1.91. The summed E-state index contributed by atoms with van der Waals surface area (Å²) >= 11 is 3.37. The third-order valence-corrected chi connectivity index (χ3v) is 3.09. The normalized spacial score (nSPS) is 10.5. The molecule has 3 rings (SSSR count). The summed E-state index contributed by atoms with van der Waals surface area (Å²) in [6, 6.07) is 13.9. The molecule has 0 fully saturated rings. The molecule has 0 amide bonds. The number of rotatable bonds is 2. The second kappa shape index (κ2) is 4.74. The fourth-order valence-electron chi connectivity index (χ4n) is 1.79. The molecule has 0 bridgehead atoms. The molecule has 3 nitrogen and oxygen atoms in total. The molecule has 0 spiro atoms. The van der Waals surface area contributed by atoms with Crippen molar-refractivity contribution in [3.63, 3.8) is 0 Å². The molecular weight excluding hydrogens is 290 g/mol. The van der Waals surface area contributed by atoms with Gasteiger partial charge in [0, 0.05) is 22.3 Å². The van der Waals surface area contributed by atoms with Gasteiger partial charge in [-0.3, -0.25) is 4.98 Å². The average Bonchev–Trinajstić information content (AvgIpc) is 2.42. The molecule has 1 aromatic carbocycles. The van der Waals surface area contributed by atoms with Gasteiger partial charge in [0.15, 0.2) is 0 Å². The molecule has 0 saturated carbocycles. The van der Waals surface area contributed by atoms with Gasteiger partial charge >= 0.3 is 0 Å². The number of nitrogens with one attached hydrogen (secondary N) is 1. The molecule has 1 N–H and O–H groups in total. The van der Waals surface area contributed by atoms with Gasteiger partial charge in [-0.05, 0) is 40.2 Å². The van der Waals surface area contributed by atoms with Gasteiger partial charge in [0.2, 0.25) is 0 Å². The Morgan fingerprint density at radius 1 is 0.944 bits per heavy atom. The molecule has 0 saturated heterocycles. The first-order valence-electron chi connectivity index (χ1n) is 5.55. The van der Waals surface area contributed by atoms with Gasteiger partial charge in [0.25, 0.3) is 0 Å². The number of nitrogens with zero attached hydrogens (tertiary/aromatic N) is 2. The number of para-hydroxylation sites is 1. The Bertz CT molecular complexity index is 675. The minimum absolute atomic E-state index is 0.802. The predicted molar refractivity (Wildman–Crippen MR) is 77.0 cm³/mol. The van der Waals surface area contributed by atoms with E-state index in [1.165, 1.54) is 0 Å². The van der Waals surface area contributed by atoms with Crippen LogP contribution in [0.1, 0.15) is 0 Å². The molecule has 0 unspecified atom stereocenters. The van der Waals surface area contributed by atoms with Crippen molar-refractivity contribution in [3.8, 4) is 0 Å². The first-order chi connectivity index (χ1) is 8.83. The highest BCUT2D eigenvalue weighted by atomic mass is 79.9. The Balaban J connectivity index is 2.02. The van der Waals surface area contributed by atoms with E-state index in [2.05, 4.69) is 31.2 Å². The lowest BCUT2D eigenvalue weighted by atomic mass is 10.2. The monoisotopic (exact) mass is 299 g/mol. The summed E-state index contributed by atoms with van der Waals surface area (Å²) in [6.45, 7) is 0. The lowest BCUT2D eigenvalue weighted by Gasteiger charge is -2.08. The number of benzene rings is 1. The van der Waals surface area contributed by atoms with Gasteiger partial charge in [-0.2, -0.15) is 0 Å². The van der Waals surface area contributed by atoms with E-state index in [0.29, 0.717) is 0 Å². The number of hydrogen-bond donors (Lipinski definition) is 1. The Hall–Kier alpha value is -1.94. The number of aromatic nitrogens is 2. The van der Waals surface area contributed by atoms with Crippen molar-refractivity contribution < 1.29 is 0 Å². The van der Waals surface area contributed by atoms with E-state index in [1.54, 1.807) is 12.4 Å². The lowest BCUT2D eigenvalue weighted by Crippen LogP contribution is -1.94. The third-order valence-electron chi connectivity index (χ3n) is 2.62. The summed E-state index contributed by atoms with van der Waals surface area (Å²) < 4.78 is 0.962. The summed E-state index contributed by atoms with van der Waals surface area (Å²) in [6.07, 6.45) is 3.56. The first-order valence-corrected chi connectivity index (χ1v) is 6.34. The standard InChI is InChI=1S/C14H10BrN3/c15-11-6-7-13(17-9-11)18-12-5-1-3-10-4-2-8-16-14(10)12/h1-9H,(H,17,18). The van der Waals surface area contributed by atoms with Crippen LogP contribution in [0.5, 0.6) is 0 Å². The van der Waals surface area contributed by atoms with Crippen molar-refractivity contribution in [1.82, 2.24) is 9.97 Å². The number of hydrogen-bond acceptors (Lipinski definition) is 3. The van der Waals surface area contributed by atoms with Crippen molar-refractivity contribution >= 4 is 38.3 Å². The molecule has 2 heterocycles. The molecule has 4 heteroatoms. The van der Waals surface area contributed by atoms with Gasteiger partial charge in [0.05, 0.1) is 11.2 Å². The van der Waals surface area contributed by atoms with Crippen LogP contribution in [0.3, 0.4) is 0 Å². The summed E-state index contributed by atoms with van der Waals surface area (Å²) in [7, 11) is 0. The highest BCUT2D eigenvalue weighted by Gasteiger charge is 2.02. The van der Waals surface area contributed by atoms with Gasteiger partial charge in [-0.1, -0.05) is 18.2 Å². The minimum atomic E-state index is 0.802. The first kappa shape index (κ1) is 11.2. The van der Waals surface area contributed by atoms with E-state index < -0.39 is 0 Å². The van der Waals surface area contributed by atoms with E-state index in [0.717, 1.165) is 26.9 Å². The topological polar surface area (TPSA) is 37.8 Å². The van der Waals surface area contributed by atoms with Crippen LogP contribution < -0.4 is 5.32 Å². The summed E-state index contributed by atoms with van der Waals surface area (Å²) in [5, 5.41) is 4.39. The van der Waals surface area contributed by atoms with E-state index in [4.69, 9.17) is 0 Å². The average molecular weight is 300 g/mol. The fraction of sp³-hybridized carbons (Fsp3) is 0. The second-order valence-corrected chi connectivity index (χ2v) is 4.78. The number of pyridine rings is 2. The van der Waals surface area contributed by atoms with Gasteiger partial charge in [-0.25, -0.2) is 4.98 Å². The van der Waals surface area contributed by atoms with Crippen LogP contribution in [-0.2, 0) is 0 Å². The van der Waals surface area contributed by atoms with E-state index in [-0.39, 0.29) is 0 Å². The molecular formula is C14H10BrN3. The maximum atomic E-state index is 4.40. The van der Waals surface area contributed by atoms with Crippen LogP contribution >= 0.6 is 15.9 Å². The molecule has 0 aliphatic carbocycles. The van der Waals surface area contributed by atoms with Crippen LogP contribution in [0.4, 0.5) is 11.5 Å². The molecule has 2 aromatic heterocycles. The summed E-state index contributed by atoms with van der Waals surface area (Å²) in [4.78, 5) is 8.69. The van der Waals surface area contributed by atoms with Crippen molar-refractivity contribution in [2.45, 2.75) is 0 Å². The van der Waals surface area contributed by atoms with Crippen LogP contribution in [0.25, 0.3) is 10.9 Å². The predicted octanol–water partition coefficient (Wildman–Crippen LogP) is 4.14. The van der Waals surface area contributed by atoms with Gasteiger partial charge < -0.3 is 5.32 Å². The Morgan fingerprint density at radius 2 is 1.83 bits per heavy atom. The van der Waals surface area contributed by atoms with Gasteiger partial charge in [-0.15, -0.1) is 0 Å². The van der Waals surface area contributed by atoms with Crippen LogP contribution in [0.2, 0.25) is 0 Å². The van der Waals surface area contributed by atoms with E-state index in [1.807, 2.05) is 42.5 Å². The lowest BCUT2D eigenvalue weighted by molar-refractivity contribution is 1.29. The maximum Gasteiger partial charge on any atom is 0.130 e. The number of fused-ring (bicyclic) bond motifs is 1. The molecule has 0 radical (unpaired) electrons. The van der Waals surface area contributed by atoms with Crippen molar-refractivity contribution in [2.24, 2.45) is 0 Å². The molecule has 0 aliphatic heterocycles. The Morgan fingerprint density at radius 3 is 2.67 bits per heavy atom. The van der Waals surface area contributed by atoms with Crippen molar-refractivity contribution in [1.29, 1.82) is 0 Å². The zero-order valence-electron chi connectivity index (χ0n) is 9.47. The zero-order chi connectivity index (χ0) is 12.4. The summed E-state index contributed by atoms with van der Waals surface area (Å²) in [5.74, 6) is 0.802. The maximum absolute atomic E-state index is 4.40. The highest BCUT2D eigenvalue weighted by Crippen LogP contribution is 2.23. The molecule has 88 valence electrons. The van der Waals surface area contributed by atoms with E-state index >= 15 is 0 Å². The van der Waals surface area contributed by atoms with Crippen molar-refractivity contribution in [3.05, 3.63) is 59.3 Å². The smallest absolute Gasteiger partial charge is 0.130 e. The molecule has 0 atom stereocenters. The van der Waals surface area contributed by atoms with Crippen LogP contribution in [0.15, 0.2) is 59.3 Å². The minimum Gasteiger partial charge on any atom is -0.338 e. The quantitative estimate of drug-likeness (QED) is 0.773. The van der Waals surface area contributed by atoms with Crippen LogP contribution in [-0.4, -0.2) is 9.97 Å². The SMILES string of the molecule is Brc1ccc(Nc2cccc3cccnc23)nc1. The van der Waals surface area contributed by atoms with Crippen molar-refractivity contribution in [2.75, 3.05) is 5.32 Å². The highest BCUT2D eigenvalue weighted by molar-refractivity contribution is 9.10. The van der Waals surface area contributed by atoms with Crippen LogP contribution in [0, 0.1) is 0 Å². The van der Waals surface area contributed by atoms with E-state index in [9.17, 15) is 0 Å². The second-order valence-electron chi connectivity index (χ2n) is 3.87. The molecule has 18 heavy (non-hydrogen) atoms. The zero-order valence-corrected chi connectivity index (χ0v) is 11.1. The Kier molecular flexibility index (Phi) is 2.94. The molecule has 3 aromatic rings. The number of anilines is 2. The third kappa shape index (κ3) is 2.19. The fourth-order valence-corrected chi connectivity index (χ4v) is 2.03. The molecule has 0 aliphatic rings. The Labute approximate surface area is 113 Å². The largest absolute Gasteiger partial charge is 0.338 e. The van der Waals surface area contributed by atoms with Gasteiger partial charge in [0.1, 0.15) is 5.82 Å². The number of halogens is 1.